The number of anilines is 1. The Kier molecular flexibility index (Phi) is 3.96. The molecule has 0 unspecified atom stereocenters. The van der Waals surface area contributed by atoms with Crippen molar-refractivity contribution in [1.29, 1.82) is 5.26 Å². The summed E-state index contributed by atoms with van der Waals surface area (Å²) >= 11 is 0. The molecule has 0 saturated heterocycles. The quantitative estimate of drug-likeness (QED) is 0.698. The van der Waals surface area contributed by atoms with Crippen molar-refractivity contribution in [2.24, 2.45) is 5.73 Å². The first-order valence-electron chi connectivity index (χ1n) is 10.1. The molecule has 0 aliphatic carbocycles. The van der Waals surface area contributed by atoms with Crippen LogP contribution in [0.3, 0.4) is 0 Å². The van der Waals surface area contributed by atoms with E-state index in [0.717, 1.165) is 11.4 Å². The van der Waals surface area contributed by atoms with Crippen molar-refractivity contribution < 1.29 is 9.53 Å². The Morgan fingerprint density at radius 3 is 2.48 bits per heavy atom. The van der Waals surface area contributed by atoms with E-state index >= 15 is 0 Å². The highest BCUT2D eigenvalue weighted by Gasteiger charge is 2.61. The summed E-state index contributed by atoms with van der Waals surface area (Å²) in [6, 6.07) is 19.1. The van der Waals surface area contributed by atoms with Crippen LogP contribution in [0, 0.1) is 18.3 Å². The summed E-state index contributed by atoms with van der Waals surface area (Å²) in [7, 11) is 0. The number of fused-ring (bicyclic) bond motifs is 4. The summed E-state index contributed by atoms with van der Waals surface area (Å²) in [6.45, 7) is 5.73. The minimum absolute atomic E-state index is 0.0826. The lowest BCUT2D eigenvalue weighted by molar-refractivity contribution is -0.121. The maximum absolute atomic E-state index is 14.1. The van der Waals surface area contributed by atoms with Crippen LogP contribution in [0.15, 0.2) is 66.1 Å². The zero-order chi connectivity index (χ0) is 21.9. The third kappa shape index (κ3) is 2.27. The zero-order valence-corrected chi connectivity index (χ0v) is 17.5. The molecule has 3 aromatic rings. The molecule has 2 aromatic carbocycles. The molecule has 1 aromatic heterocycles. The molecular formula is C24H21N5O2. The van der Waals surface area contributed by atoms with Gasteiger partial charge in [0.15, 0.2) is 0 Å². The van der Waals surface area contributed by atoms with Gasteiger partial charge >= 0.3 is 0 Å². The van der Waals surface area contributed by atoms with E-state index in [-0.39, 0.29) is 23.4 Å². The third-order valence-electron chi connectivity index (χ3n) is 5.96. The van der Waals surface area contributed by atoms with Crippen molar-refractivity contribution in [3.8, 4) is 17.6 Å². The van der Waals surface area contributed by atoms with Crippen molar-refractivity contribution >= 4 is 11.6 Å². The first kappa shape index (κ1) is 18.9. The predicted molar refractivity (Wildman–Crippen MR) is 116 cm³/mol. The zero-order valence-electron chi connectivity index (χ0n) is 17.5. The maximum Gasteiger partial charge on any atom is 0.248 e. The van der Waals surface area contributed by atoms with Gasteiger partial charge in [-0.05, 0) is 39.0 Å². The minimum Gasteiger partial charge on any atom is -0.422 e. The number of aryl methyl sites for hydroxylation is 1. The van der Waals surface area contributed by atoms with Gasteiger partial charge in [-0.25, -0.2) is 4.68 Å². The highest BCUT2D eigenvalue weighted by atomic mass is 16.5. The summed E-state index contributed by atoms with van der Waals surface area (Å²) in [5.74, 6) is 0.0539. The third-order valence-corrected chi connectivity index (χ3v) is 5.96. The number of ether oxygens (including phenoxy) is 1. The van der Waals surface area contributed by atoms with Gasteiger partial charge in [0.2, 0.25) is 17.7 Å². The monoisotopic (exact) mass is 411 g/mol. The molecule has 1 amide bonds. The second kappa shape index (κ2) is 6.47. The standard InChI is InChI=1S/C24H21N5O2/c1-14(2)28-19-12-8-7-11-17(19)24(23(28)30)18(13-25)21(26)31-22-20(24)15(3)27-29(22)16-9-5-4-6-10-16/h4-12,14H,26H2,1-3H3/t24-/m1/s1. The lowest BCUT2D eigenvalue weighted by Gasteiger charge is -2.33. The molecule has 3 heterocycles. The molecule has 1 spiro atoms. The summed E-state index contributed by atoms with van der Waals surface area (Å²) in [6.07, 6.45) is 0. The van der Waals surface area contributed by atoms with E-state index in [4.69, 9.17) is 15.6 Å². The van der Waals surface area contributed by atoms with Crippen molar-refractivity contribution in [2.45, 2.75) is 32.2 Å². The van der Waals surface area contributed by atoms with Crippen LogP contribution in [-0.4, -0.2) is 21.7 Å². The molecule has 1 atom stereocenters. The van der Waals surface area contributed by atoms with Crippen LogP contribution < -0.4 is 15.4 Å². The Labute approximate surface area is 180 Å². The smallest absolute Gasteiger partial charge is 0.248 e. The van der Waals surface area contributed by atoms with Crippen molar-refractivity contribution in [1.82, 2.24) is 9.78 Å². The first-order valence-corrected chi connectivity index (χ1v) is 10.1. The molecule has 2 aliphatic heterocycles. The second-order valence-electron chi connectivity index (χ2n) is 8.00. The van der Waals surface area contributed by atoms with Crippen LogP contribution in [0.25, 0.3) is 5.69 Å². The number of hydrogen-bond donors (Lipinski definition) is 1. The lowest BCUT2D eigenvalue weighted by atomic mass is 9.69. The number of nitriles is 1. The summed E-state index contributed by atoms with van der Waals surface area (Å²) in [5, 5.41) is 14.8. The Bertz CT molecular complexity index is 1300. The van der Waals surface area contributed by atoms with E-state index in [0.29, 0.717) is 22.7 Å². The molecule has 2 aliphatic rings. The number of carbonyl (C=O) groups excluding carboxylic acids is 1. The van der Waals surface area contributed by atoms with Gasteiger partial charge < -0.3 is 15.4 Å². The Balaban J connectivity index is 1.91. The van der Waals surface area contributed by atoms with E-state index in [9.17, 15) is 10.1 Å². The fourth-order valence-corrected chi connectivity index (χ4v) is 4.78. The van der Waals surface area contributed by atoms with Gasteiger partial charge in [0.1, 0.15) is 17.1 Å². The fraction of sp³-hybridized carbons (Fsp3) is 0.208. The van der Waals surface area contributed by atoms with Crippen molar-refractivity contribution in [2.75, 3.05) is 4.90 Å². The summed E-state index contributed by atoms with van der Waals surface area (Å²) < 4.78 is 7.59. The molecule has 0 bridgehead atoms. The molecule has 0 fully saturated rings. The highest BCUT2D eigenvalue weighted by molar-refractivity contribution is 6.14. The molecule has 0 saturated carbocycles. The topological polar surface area (TPSA) is 97.2 Å². The lowest BCUT2D eigenvalue weighted by Crippen LogP contribution is -2.48. The van der Waals surface area contributed by atoms with E-state index in [2.05, 4.69) is 6.07 Å². The predicted octanol–water partition coefficient (Wildman–Crippen LogP) is 3.31. The minimum atomic E-state index is -1.40. The Morgan fingerprint density at radius 2 is 1.81 bits per heavy atom. The Morgan fingerprint density at radius 1 is 1.13 bits per heavy atom. The number of para-hydroxylation sites is 2. The highest BCUT2D eigenvalue weighted by Crippen LogP contribution is 2.56. The first-order chi connectivity index (χ1) is 14.9. The molecule has 0 radical (unpaired) electrons. The van der Waals surface area contributed by atoms with E-state index in [1.54, 1.807) is 9.58 Å². The number of rotatable bonds is 2. The van der Waals surface area contributed by atoms with Crippen LogP contribution in [-0.2, 0) is 10.2 Å². The van der Waals surface area contributed by atoms with Crippen LogP contribution in [0.2, 0.25) is 0 Å². The maximum atomic E-state index is 14.1. The fourth-order valence-electron chi connectivity index (χ4n) is 4.78. The van der Waals surface area contributed by atoms with E-state index < -0.39 is 5.41 Å². The number of carbonyl (C=O) groups is 1. The van der Waals surface area contributed by atoms with Gasteiger partial charge in [0, 0.05) is 17.3 Å². The van der Waals surface area contributed by atoms with Gasteiger partial charge in [-0.3, -0.25) is 4.79 Å². The largest absolute Gasteiger partial charge is 0.422 e. The number of aromatic nitrogens is 2. The number of nitrogens with two attached hydrogens (primary N) is 1. The van der Waals surface area contributed by atoms with Gasteiger partial charge in [0.25, 0.3) is 0 Å². The van der Waals surface area contributed by atoms with Crippen molar-refractivity contribution in [3.05, 3.63) is 82.9 Å². The van der Waals surface area contributed by atoms with Gasteiger partial charge in [-0.15, -0.1) is 0 Å². The van der Waals surface area contributed by atoms with Crippen LogP contribution in [0.1, 0.15) is 30.7 Å². The number of amides is 1. The second-order valence-corrected chi connectivity index (χ2v) is 8.00. The van der Waals surface area contributed by atoms with Crippen LogP contribution in [0.4, 0.5) is 5.69 Å². The van der Waals surface area contributed by atoms with E-state index in [1.807, 2.05) is 75.4 Å². The SMILES string of the molecule is Cc1nn(-c2ccccc2)c2c1[C@]1(C(=O)N(C(C)C)c3ccccc31)C(C#N)=C(N)O2. The molecule has 31 heavy (non-hydrogen) atoms. The number of benzene rings is 2. The van der Waals surface area contributed by atoms with Crippen LogP contribution >= 0.6 is 0 Å². The molecule has 7 heteroatoms. The average Bonchev–Trinajstić information content (AvgIpc) is 3.22. The summed E-state index contributed by atoms with van der Waals surface area (Å²) in [5.41, 5.74) is 8.39. The average molecular weight is 411 g/mol. The van der Waals surface area contributed by atoms with Gasteiger partial charge in [-0.1, -0.05) is 36.4 Å². The molecule has 2 N–H and O–H groups in total. The Hall–Kier alpha value is -4.05. The number of nitrogens with zero attached hydrogens (tertiary/aromatic N) is 4. The van der Waals surface area contributed by atoms with Crippen LogP contribution in [0.5, 0.6) is 5.88 Å². The van der Waals surface area contributed by atoms with Crippen molar-refractivity contribution in [3.63, 3.8) is 0 Å². The molecule has 7 nitrogen and oxygen atoms in total. The molecule has 5 rings (SSSR count). The van der Waals surface area contributed by atoms with Gasteiger partial charge in [0.05, 0.1) is 16.9 Å². The molecule has 154 valence electrons. The normalized spacial score (nSPS) is 19.5. The molecular weight excluding hydrogens is 390 g/mol. The number of hydrogen-bond acceptors (Lipinski definition) is 5. The summed E-state index contributed by atoms with van der Waals surface area (Å²) in [4.78, 5) is 15.9. The van der Waals surface area contributed by atoms with E-state index in [1.165, 1.54) is 0 Å². The van der Waals surface area contributed by atoms with Gasteiger partial charge in [-0.2, -0.15) is 10.4 Å².